The molecule has 40 heavy (non-hydrogen) atoms. The molecule has 0 bridgehead atoms. The summed E-state index contributed by atoms with van der Waals surface area (Å²) < 4.78 is 21.8. The molecule has 0 radical (unpaired) electrons. The van der Waals surface area contributed by atoms with Crippen LogP contribution in [0.3, 0.4) is 0 Å². The first-order chi connectivity index (χ1) is 19.3. The van der Waals surface area contributed by atoms with Crippen LogP contribution in [0.4, 0.5) is 0 Å². The van der Waals surface area contributed by atoms with Crippen LogP contribution in [0.15, 0.2) is 36.5 Å². The highest BCUT2D eigenvalue weighted by molar-refractivity contribution is 7.47. The van der Waals surface area contributed by atoms with Crippen molar-refractivity contribution in [1.82, 2.24) is 5.32 Å². The highest BCUT2D eigenvalue weighted by Gasteiger charge is 2.27. The molecule has 4 atom stereocenters. The number of nitrogens with one attached hydrogen (secondary N) is 1. The summed E-state index contributed by atoms with van der Waals surface area (Å²) >= 11 is 0. The Morgan fingerprint density at radius 3 is 2.02 bits per heavy atom. The minimum atomic E-state index is -4.39. The first-order valence-corrected chi connectivity index (χ1v) is 16.7. The minimum absolute atomic E-state index is 0.0417. The predicted octanol–water partition coefficient (Wildman–Crippen LogP) is 5.85. The Hall–Kier alpha value is -1.32. The second-order valence-corrected chi connectivity index (χ2v) is 11.6. The van der Waals surface area contributed by atoms with E-state index in [0.29, 0.717) is 12.8 Å². The number of rotatable bonds is 27. The van der Waals surface area contributed by atoms with Gasteiger partial charge in [-0.3, -0.25) is 13.8 Å². The van der Waals surface area contributed by atoms with Crippen molar-refractivity contribution in [2.24, 2.45) is 5.73 Å². The molecule has 0 aliphatic carbocycles. The number of amides is 1. The Morgan fingerprint density at radius 2 is 1.43 bits per heavy atom. The second-order valence-electron chi connectivity index (χ2n) is 10.1. The highest BCUT2D eigenvalue weighted by Crippen LogP contribution is 2.43. The first-order valence-electron chi connectivity index (χ1n) is 15.2. The van der Waals surface area contributed by atoms with Gasteiger partial charge in [0.25, 0.3) is 0 Å². The molecule has 4 unspecified atom stereocenters. The number of allylic oxidation sites excluding steroid dienone is 5. The maximum Gasteiger partial charge on any atom is 0.472 e. The Labute approximate surface area is 242 Å². The monoisotopic (exact) mass is 588 g/mol. The lowest BCUT2D eigenvalue weighted by Crippen LogP contribution is -2.46. The predicted molar refractivity (Wildman–Crippen MR) is 163 cm³/mol. The third kappa shape index (κ3) is 24.5. The van der Waals surface area contributed by atoms with Gasteiger partial charge in [-0.1, -0.05) is 102 Å². The third-order valence-electron chi connectivity index (χ3n) is 6.23. The quantitative estimate of drug-likeness (QED) is 0.0456. The van der Waals surface area contributed by atoms with Crippen LogP contribution < -0.4 is 11.1 Å². The van der Waals surface area contributed by atoms with Gasteiger partial charge in [-0.25, -0.2) is 4.57 Å². The fourth-order valence-electron chi connectivity index (χ4n) is 3.92. The van der Waals surface area contributed by atoms with E-state index in [9.17, 15) is 24.5 Å². The zero-order chi connectivity index (χ0) is 29.9. The number of phosphoric ester groups is 1. The van der Waals surface area contributed by atoms with Gasteiger partial charge in [-0.2, -0.15) is 0 Å². The van der Waals surface area contributed by atoms with E-state index in [0.717, 1.165) is 51.4 Å². The van der Waals surface area contributed by atoms with Gasteiger partial charge in [0, 0.05) is 6.54 Å². The van der Waals surface area contributed by atoms with E-state index < -0.39 is 38.6 Å². The number of unbranched alkanes of at least 4 members (excludes halogenated alkanes) is 9. The topological polar surface area (TPSA) is 151 Å². The number of carbonyl (C=O) groups excluding carboxylic acids is 1. The molecule has 0 saturated carbocycles. The van der Waals surface area contributed by atoms with Gasteiger partial charge in [0.1, 0.15) is 0 Å². The fourth-order valence-corrected chi connectivity index (χ4v) is 4.68. The van der Waals surface area contributed by atoms with Gasteiger partial charge in [-0.15, -0.1) is 0 Å². The van der Waals surface area contributed by atoms with E-state index in [1.165, 1.54) is 31.8 Å². The maximum absolute atomic E-state index is 12.6. The van der Waals surface area contributed by atoms with E-state index in [4.69, 9.17) is 14.8 Å². The summed E-state index contributed by atoms with van der Waals surface area (Å²) in [7, 11) is -4.39. The Morgan fingerprint density at radius 1 is 0.850 bits per heavy atom. The summed E-state index contributed by atoms with van der Waals surface area (Å²) in [6.45, 7) is 3.76. The number of carbonyl (C=O) groups is 1. The largest absolute Gasteiger partial charge is 0.472 e. The van der Waals surface area contributed by atoms with Crippen LogP contribution in [0.5, 0.6) is 0 Å². The molecule has 0 aromatic heterocycles. The smallest absolute Gasteiger partial charge is 0.393 e. The Bertz CT molecular complexity index is 746. The first kappa shape index (κ1) is 38.7. The number of aliphatic hydroxyl groups excluding tert-OH is 2. The number of phosphoric acid groups is 1. The number of aliphatic hydroxyl groups is 2. The molecule has 0 saturated heterocycles. The van der Waals surface area contributed by atoms with Gasteiger partial charge in [0.2, 0.25) is 5.91 Å². The fraction of sp³-hybridized carbons (Fsp3) is 0.767. The molecule has 0 rings (SSSR count). The molecular formula is C30H57N2O7P. The SMILES string of the molecule is CCC/C=C/CC/C=C/CC/C=C/C(O)C(COP(=O)(O)OCCN)NC(=O)CC(O)CCCCCCCCC. The summed E-state index contributed by atoms with van der Waals surface area (Å²) in [6, 6.07) is -0.998. The summed E-state index contributed by atoms with van der Waals surface area (Å²) in [5.41, 5.74) is 5.30. The van der Waals surface area contributed by atoms with Crippen LogP contribution in [0.25, 0.3) is 0 Å². The van der Waals surface area contributed by atoms with E-state index in [1.807, 2.05) is 0 Å². The molecule has 9 nitrogen and oxygen atoms in total. The lowest BCUT2D eigenvalue weighted by Gasteiger charge is -2.24. The molecule has 0 aromatic carbocycles. The molecule has 0 aliphatic heterocycles. The molecule has 0 aromatic rings. The summed E-state index contributed by atoms with van der Waals surface area (Å²) in [6.07, 6.45) is 24.0. The van der Waals surface area contributed by atoms with Crippen molar-refractivity contribution in [3.8, 4) is 0 Å². The minimum Gasteiger partial charge on any atom is -0.393 e. The Balaban J connectivity index is 4.72. The molecule has 0 spiro atoms. The zero-order valence-corrected chi connectivity index (χ0v) is 25.8. The lowest BCUT2D eigenvalue weighted by atomic mass is 10.0. The van der Waals surface area contributed by atoms with Crippen LogP contribution in [0, 0.1) is 0 Å². The second kappa shape index (κ2) is 26.6. The van der Waals surface area contributed by atoms with E-state index in [1.54, 1.807) is 6.08 Å². The van der Waals surface area contributed by atoms with Gasteiger partial charge in [-0.05, 0) is 38.5 Å². The van der Waals surface area contributed by atoms with E-state index in [-0.39, 0.29) is 19.6 Å². The maximum atomic E-state index is 12.6. The van der Waals surface area contributed by atoms with Crippen molar-refractivity contribution in [2.45, 2.75) is 128 Å². The molecule has 10 heteroatoms. The number of hydrogen-bond donors (Lipinski definition) is 5. The van der Waals surface area contributed by atoms with Crippen molar-refractivity contribution in [1.29, 1.82) is 0 Å². The molecule has 234 valence electrons. The van der Waals surface area contributed by atoms with Crippen LogP contribution in [-0.2, 0) is 18.4 Å². The van der Waals surface area contributed by atoms with Gasteiger partial charge >= 0.3 is 7.82 Å². The van der Waals surface area contributed by atoms with Crippen LogP contribution in [0.1, 0.15) is 110 Å². The summed E-state index contributed by atoms with van der Waals surface area (Å²) in [4.78, 5) is 22.4. The summed E-state index contributed by atoms with van der Waals surface area (Å²) in [5, 5.41) is 23.6. The average molecular weight is 589 g/mol. The van der Waals surface area contributed by atoms with Crippen molar-refractivity contribution < 1.29 is 33.5 Å². The van der Waals surface area contributed by atoms with E-state index in [2.05, 4.69) is 43.5 Å². The van der Waals surface area contributed by atoms with Crippen molar-refractivity contribution in [3.05, 3.63) is 36.5 Å². The Kier molecular flexibility index (Phi) is 25.7. The van der Waals surface area contributed by atoms with Crippen LogP contribution in [0.2, 0.25) is 0 Å². The lowest BCUT2D eigenvalue weighted by molar-refractivity contribution is -0.124. The van der Waals surface area contributed by atoms with Gasteiger partial charge in [0.05, 0.1) is 37.9 Å². The highest BCUT2D eigenvalue weighted by atomic mass is 31.2. The molecule has 0 fully saturated rings. The van der Waals surface area contributed by atoms with Crippen molar-refractivity contribution in [3.63, 3.8) is 0 Å². The molecule has 0 heterocycles. The van der Waals surface area contributed by atoms with Crippen molar-refractivity contribution in [2.75, 3.05) is 19.8 Å². The zero-order valence-electron chi connectivity index (χ0n) is 24.9. The van der Waals surface area contributed by atoms with Crippen LogP contribution >= 0.6 is 7.82 Å². The van der Waals surface area contributed by atoms with E-state index >= 15 is 0 Å². The number of nitrogens with two attached hydrogens (primary N) is 1. The molecular weight excluding hydrogens is 531 g/mol. The number of hydrogen-bond acceptors (Lipinski definition) is 7. The van der Waals surface area contributed by atoms with Gasteiger partial charge < -0.3 is 26.2 Å². The average Bonchev–Trinajstić information content (AvgIpc) is 2.92. The van der Waals surface area contributed by atoms with Crippen molar-refractivity contribution >= 4 is 13.7 Å². The van der Waals surface area contributed by atoms with Gasteiger partial charge in [0.15, 0.2) is 0 Å². The summed E-state index contributed by atoms with van der Waals surface area (Å²) in [5.74, 6) is -0.469. The standard InChI is InChI=1S/C30H57N2O7P/c1-3-5-7-9-11-12-13-14-16-18-20-22-29(34)28(26-39-40(36,37)38-24-23-31)32-30(35)25-27(33)21-19-17-15-10-8-6-4-2/h7,9,13-14,20,22,27-29,33-34H,3-6,8,10-12,15-19,21,23-26,31H2,1-2H3,(H,32,35)(H,36,37)/b9-7+,14-13+,22-20+. The molecule has 1 amide bonds. The third-order valence-corrected chi connectivity index (χ3v) is 7.22. The normalized spacial score (nSPS) is 16.1. The molecule has 6 N–H and O–H groups in total. The molecule has 0 aliphatic rings. The van der Waals surface area contributed by atoms with Crippen LogP contribution in [-0.4, -0.2) is 59.0 Å².